The van der Waals surface area contributed by atoms with E-state index in [1.165, 1.54) is 0 Å². The van der Waals surface area contributed by atoms with E-state index in [0.717, 1.165) is 19.4 Å². The maximum absolute atomic E-state index is 12.3. The van der Waals surface area contributed by atoms with Crippen LogP contribution in [0.3, 0.4) is 0 Å². The van der Waals surface area contributed by atoms with E-state index in [9.17, 15) is 9.59 Å². The number of aromatic amines is 1. The van der Waals surface area contributed by atoms with Crippen LogP contribution in [0.4, 0.5) is 11.5 Å². The number of benzene rings is 1. The molecule has 1 unspecified atom stereocenters. The first-order valence-corrected chi connectivity index (χ1v) is 8.69. The number of carbonyl (C=O) groups excluding carboxylic acids is 1. The summed E-state index contributed by atoms with van der Waals surface area (Å²) in [5.41, 5.74) is 0.946. The molecular formula is C18H18N6O3. The van der Waals surface area contributed by atoms with Crippen LogP contribution in [0.2, 0.25) is 0 Å². The van der Waals surface area contributed by atoms with E-state index < -0.39 is 5.76 Å². The molecule has 1 fully saturated rings. The lowest BCUT2D eigenvalue weighted by Crippen LogP contribution is -2.35. The molecule has 9 nitrogen and oxygen atoms in total. The molecule has 1 aliphatic rings. The van der Waals surface area contributed by atoms with Gasteiger partial charge < -0.3 is 14.6 Å². The van der Waals surface area contributed by atoms with Crippen LogP contribution in [-0.2, 0) is 0 Å². The second-order valence-corrected chi connectivity index (χ2v) is 6.33. The average Bonchev–Trinajstić information content (AvgIpc) is 3.15. The smallest absolute Gasteiger partial charge is 0.392 e. The normalized spacial score (nSPS) is 16.9. The fourth-order valence-corrected chi connectivity index (χ4v) is 3.13. The van der Waals surface area contributed by atoms with E-state index in [1.54, 1.807) is 24.3 Å². The van der Waals surface area contributed by atoms with Gasteiger partial charge in [0.05, 0.1) is 5.92 Å². The average molecular weight is 366 g/mol. The number of hydrogen-bond donors (Lipinski definition) is 2. The SMILES string of the molecule is O=C(Nc1ccccc1)c1ccc(N2CCCC(c3n[nH]c(=O)o3)C2)nn1. The van der Waals surface area contributed by atoms with Crippen molar-refractivity contribution in [3.8, 4) is 0 Å². The highest BCUT2D eigenvalue weighted by Crippen LogP contribution is 2.27. The van der Waals surface area contributed by atoms with Crippen LogP contribution < -0.4 is 16.0 Å². The van der Waals surface area contributed by atoms with Gasteiger partial charge in [0, 0.05) is 18.8 Å². The van der Waals surface area contributed by atoms with Gasteiger partial charge in [0.15, 0.2) is 11.5 Å². The number of hydrogen-bond acceptors (Lipinski definition) is 7. The number of amides is 1. The molecule has 0 saturated carbocycles. The zero-order chi connectivity index (χ0) is 18.6. The molecule has 27 heavy (non-hydrogen) atoms. The first kappa shape index (κ1) is 17.0. The van der Waals surface area contributed by atoms with Crippen LogP contribution in [0.5, 0.6) is 0 Å². The maximum Gasteiger partial charge on any atom is 0.434 e. The summed E-state index contributed by atoms with van der Waals surface area (Å²) in [6, 6.07) is 12.6. The first-order valence-electron chi connectivity index (χ1n) is 8.69. The number of anilines is 2. The van der Waals surface area contributed by atoms with Crippen molar-refractivity contribution in [2.24, 2.45) is 0 Å². The lowest BCUT2D eigenvalue weighted by atomic mass is 9.98. The van der Waals surface area contributed by atoms with Crippen molar-refractivity contribution >= 4 is 17.4 Å². The number of rotatable bonds is 4. The summed E-state index contributed by atoms with van der Waals surface area (Å²) in [5, 5.41) is 17.2. The maximum atomic E-state index is 12.3. The summed E-state index contributed by atoms with van der Waals surface area (Å²) in [5.74, 6) is 0.247. The first-order chi connectivity index (χ1) is 13.2. The highest BCUT2D eigenvalue weighted by molar-refractivity contribution is 6.02. The van der Waals surface area contributed by atoms with Crippen LogP contribution in [-0.4, -0.2) is 39.4 Å². The number of piperidine rings is 1. The summed E-state index contributed by atoms with van der Waals surface area (Å²) in [7, 11) is 0. The molecule has 1 amide bonds. The molecule has 0 radical (unpaired) electrons. The van der Waals surface area contributed by atoms with Gasteiger partial charge in [-0.15, -0.1) is 15.3 Å². The van der Waals surface area contributed by atoms with Gasteiger partial charge in [0.2, 0.25) is 5.89 Å². The number of carbonyl (C=O) groups is 1. The highest BCUT2D eigenvalue weighted by atomic mass is 16.4. The van der Waals surface area contributed by atoms with Crippen LogP contribution in [0, 0.1) is 0 Å². The molecule has 4 rings (SSSR count). The predicted molar refractivity (Wildman–Crippen MR) is 97.7 cm³/mol. The van der Waals surface area contributed by atoms with E-state index in [0.29, 0.717) is 23.9 Å². The molecule has 3 heterocycles. The number of H-pyrrole nitrogens is 1. The summed E-state index contributed by atoms with van der Waals surface area (Å²) in [6.07, 6.45) is 1.80. The van der Waals surface area contributed by atoms with Gasteiger partial charge in [0.1, 0.15) is 0 Å². The van der Waals surface area contributed by atoms with Crippen molar-refractivity contribution in [1.82, 2.24) is 20.4 Å². The molecule has 138 valence electrons. The van der Waals surface area contributed by atoms with E-state index in [-0.39, 0.29) is 17.5 Å². The Morgan fingerprint density at radius 3 is 2.74 bits per heavy atom. The van der Waals surface area contributed by atoms with Gasteiger partial charge in [-0.2, -0.15) is 0 Å². The molecule has 9 heteroatoms. The van der Waals surface area contributed by atoms with E-state index in [2.05, 4.69) is 30.6 Å². The summed E-state index contributed by atoms with van der Waals surface area (Å²) in [4.78, 5) is 25.5. The molecular weight excluding hydrogens is 348 g/mol. The monoisotopic (exact) mass is 366 g/mol. The van der Waals surface area contributed by atoms with Crippen LogP contribution in [0.1, 0.15) is 35.1 Å². The molecule has 3 aromatic rings. The predicted octanol–water partition coefficient (Wildman–Crippen LogP) is 1.79. The Morgan fingerprint density at radius 1 is 1.19 bits per heavy atom. The van der Waals surface area contributed by atoms with Gasteiger partial charge in [-0.05, 0) is 37.1 Å². The van der Waals surface area contributed by atoms with E-state index in [4.69, 9.17) is 4.42 Å². The third kappa shape index (κ3) is 3.86. The molecule has 1 atom stereocenters. The van der Waals surface area contributed by atoms with Crippen LogP contribution in [0.25, 0.3) is 0 Å². The lowest BCUT2D eigenvalue weighted by Gasteiger charge is -2.31. The summed E-state index contributed by atoms with van der Waals surface area (Å²) >= 11 is 0. The Morgan fingerprint density at radius 2 is 2.04 bits per heavy atom. The number of aromatic nitrogens is 4. The minimum Gasteiger partial charge on any atom is -0.392 e. The molecule has 2 aromatic heterocycles. The van der Waals surface area contributed by atoms with Crippen LogP contribution in [0.15, 0.2) is 51.7 Å². The number of nitrogens with zero attached hydrogens (tertiary/aromatic N) is 4. The Hall–Kier alpha value is -3.49. The van der Waals surface area contributed by atoms with Gasteiger partial charge >= 0.3 is 5.76 Å². The van der Waals surface area contributed by atoms with Crippen molar-refractivity contribution in [1.29, 1.82) is 0 Å². The van der Waals surface area contributed by atoms with Gasteiger partial charge in [0.25, 0.3) is 5.91 Å². The topological polar surface area (TPSA) is 117 Å². The third-order valence-electron chi connectivity index (χ3n) is 4.46. The van der Waals surface area contributed by atoms with E-state index in [1.807, 2.05) is 18.2 Å². The molecule has 0 spiro atoms. The van der Waals surface area contributed by atoms with Crippen molar-refractivity contribution in [2.45, 2.75) is 18.8 Å². The fraction of sp³-hybridized carbons (Fsp3) is 0.278. The van der Waals surface area contributed by atoms with Gasteiger partial charge in [-0.25, -0.2) is 9.89 Å². The molecule has 1 aromatic carbocycles. The second kappa shape index (κ2) is 7.40. The third-order valence-corrected chi connectivity index (χ3v) is 4.46. The van der Waals surface area contributed by atoms with Crippen molar-refractivity contribution in [3.63, 3.8) is 0 Å². The summed E-state index contributed by atoms with van der Waals surface area (Å²) in [6.45, 7) is 1.44. The number of para-hydroxylation sites is 1. The zero-order valence-electron chi connectivity index (χ0n) is 14.5. The highest BCUT2D eigenvalue weighted by Gasteiger charge is 2.26. The van der Waals surface area contributed by atoms with Crippen LogP contribution >= 0.6 is 0 Å². The molecule has 0 aliphatic carbocycles. The second-order valence-electron chi connectivity index (χ2n) is 6.33. The molecule has 1 saturated heterocycles. The Bertz CT molecular complexity index is 967. The lowest BCUT2D eigenvalue weighted by molar-refractivity contribution is 0.102. The minimum atomic E-state index is -0.546. The molecule has 2 N–H and O–H groups in total. The van der Waals surface area contributed by atoms with Gasteiger partial charge in [-0.1, -0.05) is 18.2 Å². The van der Waals surface area contributed by atoms with Crippen molar-refractivity contribution in [3.05, 3.63) is 64.6 Å². The Balaban J connectivity index is 1.43. The standard InChI is InChI=1S/C18H18N6O3/c25-16(19-13-6-2-1-3-7-13)14-8-9-15(21-20-14)24-10-4-5-12(11-24)17-22-23-18(26)27-17/h1-3,6-9,12H,4-5,10-11H2,(H,19,25)(H,23,26). The minimum absolute atomic E-state index is 0.0144. The van der Waals surface area contributed by atoms with Crippen molar-refractivity contribution < 1.29 is 9.21 Å². The number of nitrogens with one attached hydrogen (secondary N) is 2. The fourth-order valence-electron chi connectivity index (χ4n) is 3.13. The van der Waals surface area contributed by atoms with Gasteiger partial charge in [-0.3, -0.25) is 4.79 Å². The largest absolute Gasteiger partial charge is 0.434 e. The van der Waals surface area contributed by atoms with Crippen molar-refractivity contribution in [2.75, 3.05) is 23.3 Å². The zero-order valence-corrected chi connectivity index (χ0v) is 14.5. The molecule has 0 bridgehead atoms. The Kier molecular flexibility index (Phi) is 4.65. The Labute approximate surface area is 154 Å². The molecule has 1 aliphatic heterocycles. The van der Waals surface area contributed by atoms with E-state index >= 15 is 0 Å². The summed E-state index contributed by atoms with van der Waals surface area (Å²) < 4.78 is 5.08. The quantitative estimate of drug-likeness (QED) is 0.723.